The van der Waals surface area contributed by atoms with Crippen LogP contribution in [0.4, 0.5) is 0 Å². The third-order valence-electron chi connectivity index (χ3n) is 4.93. The number of rotatable bonds is 2. The first-order valence-electron chi connectivity index (χ1n) is 8.96. The van der Waals surface area contributed by atoms with Crippen LogP contribution in [-0.4, -0.2) is 10.1 Å². The van der Waals surface area contributed by atoms with Gasteiger partial charge in [0.2, 0.25) is 0 Å². The summed E-state index contributed by atoms with van der Waals surface area (Å²) in [6, 6.07) is 28.6. The van der Waals surface area contributed by atoms with E-state index in [9.17, 15) is 5.11 Å². The van der Waals surface area contributed by atoms with Gasteiger partial charge in [-0.05, 0) is 57.4 Å². The Morgan fingerprint density at radius 2 is 1.37 bits per heavy atom. The maximum atomic E-state index is 10.0. The number of para-hydroxylation sites is 1. The van der Waals surface area contributed by atoms with Crippen LogP contribution in [0.1, 0.15) is 11.3 Å². The lowest BCUT2D eigenvalue weighted by atomic mass is 9.99. The Labute approximate surface area is 157 Å². The van der Waals surface area contributed by atoms with Gasteiger partial charge in [0.1, 0.15) is 11.3 Å². The van der Waals surface area contributed by atoms with Crippen LogP contribution in [0.15, 0.2) is 84.9 Å². The van der Waals surface area contributed by atoms with Crippen LogP contribution in [0, 0.1) is 0 Å². The van der Waals surface area contributed by atoms with Crippen LogP contribution in [0.2, 0.25) is 0 Å². The molecule has 0 unspecified atom stereocenters. The van der Waals surface area contributed by atoms with Gasteiger partial charge in [-0.15, -0.1) is 0 Å². The number of fused-ring (bicyclic) bond motifs is 3. The molecule has 2 heteroatoms. The Bertz CT molecular complexity index is 1330. The molecule has 5 aromatic rings. The lowest BCUT2D eigenvalue weighted by Crippen LogP contribution is -1.84. The molecule has 4 aromatic carbocycles. The first kappa shape index (κ1) is 15.6. The summed E-state index contributed by atoms with van der Waals surface area (Å²) in [7, 11) is 0. The zero-order valence-electron chi connectivity index (χ0n) is 14.6. The van der Waals surface area contributed by atoms with Gasteiger partial charge in [-0.25, -0.2) is 4.98 Å². The molecule has 5 rings (SSSR count). The van der Waals surface area contributed by atoms with Crippen LogP contribution in [0.25, 0.3) is 44.6 Å². The van der Waals surface area contributed by atoms with E-state index in [1.165, 1.54) is 21.5 Å². The van der Waals surface area contributed by atoms with Gasteiger partial charge >= 0.3 is 0 Å². The third-order valence-corrected chi connectivity index (χ3v) is 4.93. The molecule has 0 aliphatic carbocycles. The lowest BCUT2D eigenvalue weighted by molar-refractivity contribution is 0.480. The van der Waals surface area contributed by atoms with Gasteiger partial charge in [-0.3, -0.25) is 0 Å². The number of nitrogens with zero attached hydrogens (tertiary/aromatic N) is 1. The molecule has 0 aliphatic heterocycles. The van der Waals surface area contributed by atoms with Gasteiger partial charge < -0.3 is 5.11 Å². The average Bonchev–Trinajstić information content (AvgIpc) is 2.71. The number of phenolic OH excluding ortho intramolecular Hbond substituents is 1. The molecular formula is C25H17NO. The minimum Gasteiger partial charge on any atom is -0.506 e. The minimum atomic E-state index is 0.208. The fourth-order valence-corrected chi connectivity index (χ4v) is 3.55. The molecule has 0 spiro atoms. The van der Waals surface area contributed by atoms with Crippen molar-refractivity contribution in [2.75, 3.05) is 0 Å². The normalized spacial score (nSPS) is 11.7. The Kier molecular flexibility index (Phi) is 3.61. The van der Waals surface area contributed by atoms with Crippen molar-refractivity contribution in [3.63, 3.8) is 0 Å². The number of aromatic hydroxyl groups is 1. The Morgan fingerprint density at radius 1 is 0.630 bits per heavy atom. The second kappa shape index (κ2) is 6.26. The molecule has 0 atom stereocenters. The summed E-state index contributed by atoms with van der Waals surface area (Å²) in [5.74, 6) is 0.208. The zero-order chi connectivity index (χ0) is 18.2. The molecular weight excluding hydrogens is 330 g/mol. The van der Waals surface area contributed by atoms with E-state index < -0.39 is 0 Å². The van der Waals surface area contributed by atoms with Crippen molar-refractivity contribution < 1.29 is 5.11 Å². The van der Waals surface area contributed by atoms with Crippen molar-refractivity contribution >= 4 is 44.6 Å². The van der Waals surface area contributed by atoms with Gasteiger partial charge in [-0.1, -0.05) is 66.7 Å². The smallest absolute Gasteiger partial charge is 0.141 e. The van der Waals surface area contributed by atoms with Crippen LogP contribution < -0.4 is 0 Å². The molecule has 0 saturated carbocycles. The van der Waals surface area contributed by atoms with E-state index in [4.69, 9.17) is 0 Å². The highest BCUT2D eigenvalue weighted by Crippen LogP contribution is 2.27. The number of phenols is 1. The standard InChI is InChI=1S/C25H17NO/c27-24-10-4-8-18-12-14-22(26-25(18)24)13-11-17-7-3-9-21-15-19-5-1-2-6-20(19)16-23(17)21/h1-16,27H/b13-11+. The highest BCUT2D eigenvalue weighted by Gasteiger charge is 2.03. The Hall–Kier alpha value is -3.65. The highest BCUT2D eigenvalue weighted by molar-refractivity contribution is 6.02. The molecule has 0 radical (unpaired) electrons. The number of pyridine rings is 1. The molecule has 27 heavy (non-hydrogen) atoms. The monoisotopic (exact) mass is 347 g/mol. The fourth-order valence-electron chi connectivity index (χ4n) is 3.55. The van der Waals surface area contributed by atoms with Crippen molar-refractivity contribution in [3.8, 4) is 5.75 Å². The summed E-state index contributed by atoms with van der Waals surface area (Å²) in [5.41, 5.74) is 2.60. The molecule has 0 saturated heterocycles. The summed E-state index contributed by atoms with van der Waals surface area (Å²) in [5, 5.41) is 15.9. The minimum absolute atomic E-state index is 0.208. The molecule has 1 heterocycles. The zero-order valence-corrected chi connectivity index (χ0v) is 14.6. The summed E-state index contributed by atoms with van der Waals surface area (Å²) in [6.45, 7) is 0. The van der Waals surface area contributed by atoms with Gasteiger partial charge in [0, 0.05) is 5.39 Å². The summed E-state index contributed by atoms with van der Waals surface area (Å²) in [6.07, 6.45) is 4.08. The van der Waals surface area contributed by atoms with Crippen molar-refractivity contribution in [2.45, 2.75) is 0 Å². The summed E-state index contributed by atoms with van der Waals surface area (Å²) >= 11 is 0. The first-order chi connectivity index (χ1) is 13.3. The molecule has 1 N–H and O–H groups in total. The molecule has 0 fully saturated rings. The van der Waals surface area contributed by atoms with Crippen molar-refractivity contribution in [2.24, 2.45) is 0 Å². The molecule has 0 amide bonds. The highest BCUT2D eigenvalue weighted by atomic mass is 16.3. The van der Waals surface area contributed by atoms with Crippen LogP contribution in [-0.2, 0) is 0 Å². The first-order valence-corrected chi connectivity index (χ1v) is 8.96. The number of aromatic nitrogens is 1. The molecule has 0 aliphatic rings. The van der Waals surface area contributed by atoms with Crippen molar-refractivity contribution in [1.29, 1.82) is 0 Å². The average molecular weight is 347 g/mol. The SMILES string of the molecule is Oc1cccc2ccc(/C=C/c3cccc4cc5ccccc5cc34)nc12. The Morgan fingerprint density at radius 3 is 2.26 bits per heavy atom. The van der Waals surface area contributed by atoms with Crippen molar-refractivity contribution in [1.82, 2.24) is 4.98 Å². The van der Waals surface area contributed by atoms with Gasteiger partial charge in [0.15, 0.2) is 0 Å². The van der Waals surface area contributed by atoms with E-state index in [1.54, 1.807) is 6.07 Å². The maximum absolute atomic E-state index is 10.0. The van der Waals surface area contributed by atoms with Crippen LogP contribution in [0.5, 0.6) is 5.75 Å². The second-order valence-electron chi connectivity index (χ2n) is 6.69. The summed E-state index contributed by atoms with van der Waals surface area (Å²) in [4.78, 5) is 4.58. The molecule has 1 aromatic heterocycles. The van der Waals surface area contributed by atoms with Crippen LogP contribution in [0.3, 0.4) is 0 Å². The van der Waals surface area contributed by atoms with Gasteiger partial charge in [0.25, 0.3) is 0 Å². The molecule has 0 bridgehead atoms. The second-order valence-corrected chi connectivity index (χ2v) is 6.69. The number of hydrogen-bond donors (Lipinski definition) is 1. The van der Waals surface area contributed by atoms with E-state index >= 15 is 0 Å². The fraction of sp³-hybridized carbons (Fsp3) is 0. The van der Waals surface area contributed by atoms with Crippen molar-refractivity contribution in [3.05, 3.63) is 96.2 Å². The quantitative estimate of drug-likeness (QED) is 0.374. The maximum Gasteiger partial charge on any atom is 0.141 e. The lowest BCUT2D eigenvalue weighted by Gasteiger charge is -2.06. The topological polar surface area (TPSA) is 33.1 Å². The van der Waals surface area contributed by atoms with Gasteiger partial charge in [-0.2, -0.15) is 0 Å². The van der Waals surface area contributed by atoms with E-state index in [0.717, 1.165) is 16.6 Å². The van der Waals surface area contributed by atoms with E-state index in [-0.39, 0.29) is 5.75 Å². The number of benzene rings is 4. The Balaban J connectivity index is 1.61. The third kappa shape index (κ3) is 2.81. The predicted octanol–water partition coefficient (Wildman–Crippen LogP) is 6.42. The van der Waals surface area contributed by atoms with Gasteiger partial charge in [0.05, 0.1) is 5.69 Å². The largest absolute Gasteiger partial charge is 0.506 e. The molecule has 2 nitrogen and oxygen atoms in total. The number of hydrogen-bond acceptors (Lipinski definition) is 2. The van der Waals surface area contributed by atoms with E-state index in [1.807, 2.05) is 30.3 Å². The summed E-state index contributed by atoms with van der Waals surface area (Å²) < 4.78 is 0. The van der Waals surface area contributed by atoms with E-state index in [2.05, 4.69) is 65.7 Å². The predicted molar refractivity (Wildman–Crippen MR) is 114 cm³/mol. The van der Waals surface area contributed by atoms with Crippen LogP contribution >= 0.6 is 0 Å². The molecule has 128 valence electrons. The van der Waals surface area contributed by atoms with E-state index in [0.29, 0.717) is 5.52 Å².